The van der Waals surface area contributed by atoms with Gasteiger partial charge >= 0.3 is 0 Å². The number of ketones is 1. The van der Waals surface area contributed by atoms with Gasteiger partial charge in [-0.15, -0.1) is 11.3 Å². The molecule has 0 atom stereocenters. The Hall–Kier alpha value is -2.20. The largest absolute Gasteiger partial charge is 0.486 e. The lowest BCUT2D eigenvalue weighted by molar-refractivity contribution is -0.118. The van der Waals surface area contributed by atoms with Gasteiger partial charge in [-0.25, -0.2) is 0 Å². The quantitative estimate of drug-likeness (QED) is 0.649. The van der Waals surface area contributed by atoms with Crippen LogP contribution >= 0.6 is 11.3 Å². The first-order chi connectivity index (χ1) is 11.1. The van der Waals surface area contributed by atoms with Crippen molar-refractivity contribution in [2.45, 2.75) is 27.2 Å². The average molecular weight is 328 g/mol. The van der Waals surface area contributed by atoms with E-state index in [1.54, 1.807) is 23.5 Å². The van der Waals surface area contributed by atoms with Gasteiger partial charge in [0.05, 0.1) is 0 Å². The number of rotatable bonds is 3. The zero-order valence-electron chi connectivity index (χ0n) is 13.6. The summed E-state index contributed by atoms with van der Waals surface area (Å²) >= 11 is 1.55. The number of carbonyl (C=O) groups excluding carboxylic acids is 1. The second-order valence-corrected chi connectivity index (χ2v) is 6.37. The molecule has 120 valence electrons. The number of fused-ring (bicyclic) bond motifs is 2. The van der Waals surface area contributed by atoms with Gasteiger partial charge in [-0.1, -0.05) is 32.4 Å². The molecule has 0 radical (unpaired) electrons. The molecule has 0 aliphatic rings. The molecule has 1 aromatic heterocycles. The van der Waals surface area contributed by atoms with Crippen molar-refractivity contribution < 1.29 is 9.53 Å². The van der Waals surface area contributed by atoms with E-state index in [4.69, 9.17) is 4.74 Å². The number of hydrogen-bond donors (Lipinski definition) is 0. The summed E-state index contributed by atoms with van der Waals surface area (Å²) in [6.45, 7) is 5.78. The Bertz CT molecular complexity index is 881. The van der Waals surface area contributed by atoms with Crippen LogP contribution in [0.2, 0.25) is 0 Å². The molecule has 3 aromatic rings. The van der Waals surface area contributed by atoms with Crippen molar-refractivity contribution in [3.8, 4) is 5.75 Å². The highest BCUT2D eigenvalue weighted by Gasteiger charge is 2.07. The van der Waals surface area contributed by atoms with Gasteiger partial charge in [-0.05, 0) is 37.3 Å². The SMILES string of the molecule is CC(=O)COc1ccc2c(=O)c3ccccc3sc2c1.CCC. The summed E-state index contributed by atoms with van der Waals surface area (Å²) in [5.74, 6) is 0.579. The molecular weight excluding hydrogens is 308 g/mol. The molecule has 0 N–H and O–H groups in total. The monoisotopic (exact) mass is 328 g/mol. The van der Waals surface area contributed by atoms with E-state index >= 15 is 0 Å². The Labute approximate surface area is 139 Å². The van der Waals surface area contributed by atoms with Crippen molar-refractivity contribution in [2.24, 2.45) is 0 Å². The fourth-order valence-corrected chi connectivity index (χ4v) is 3.16. The third-order valence-corrected chi connectivity index (χ3v) is 4.12. The minimum atomic E-state index is -0.0307. The summed E-state index contributed by atoms with van der Waals surface area (Å²) in [7, 11) is 0. The molecule has 4 heteroatoms. The smallest absolute Gasteiger partial charge is 0.195 e. The van der Waals surface area contributed by atoms with Crippen molar-refractivity contribution >= 4 is 37.3 Å². The summed E-state index contributed by atoms with van der Waals surface area (Å²) in [4.78, 5) is 23.3. The van der Waals surface area contributed by atoms with Crippen LogP contribution in [0.4, 0.5) is 0 Å². The minimum absolute atomic E-state index is 0.0307. The summed E-state index contributed by atoms with van der Waals surface area (Å²) in [6, 6.07) is 12.9. The van der Waals surface area contributed by atoms with Crippen LogP contribution in [0.5, 0.6) is 5.75 Å². The minimum Gasteiger partial charge on any atom is -0.486 e. The lowest BCUT2D eigenvalue weighted by Gasteiger charge is -2.05. The second kappa shape index (κ2) is 7.88. The summed E-state index contributed by atoms with van der Waals surface area (Å²) in [5, 5.41) is 1.42. The number of hydrogen-bond acceptors (Lipinski definition) is 4. The molecule has 3 nitrogen and oxygen atoms in total. The summed E-state index contributed by atoms with van der Waals surface area (Å²) in [6.07, 6.45) is 1.25. The van der Waals surface area contributed by atoms with Gasteiger partial charge in [0.2, 0.25) is 0 Å². The zero-order chi connectivity index (χ0) is 16.8. The van der Waals surface area contributed by atoms with E-state index in [2.05, 4.69) is 13.8 Å². The van der Waals surface area contributed by atoms with E-state index in [-0.39, 0.29) is 17.8 Å². The summed E-state index contributed by atoms with van der Waals surface area (Å²) in [5.41, 5.74) is 0.0347. The molecule has 2 aromatic carbocycles. The van der Waals surface area contributed by atoms with E-state index in [1.165, 1.54) is 13.3 Å². The predicted molar refractivity (Wildman–Crippen MR) is 97.7 cm³/mol. The third-order valence-electron chi connectivity index (χ3n) is 2.99. The Morgan fingerprint density at radius 3 is 2.39 bits per heavy atom. The molecule has 0 bridgehead atoms. The van der Waals surface area contributed by atoms with E-state index in [1.807, 2.05) is 30.3 Å². The van der Waals surface area contributed by atoms with Crippen molar-refractivity contribution in [1.82, 2.24) is 0 Å². The van der Waals surface area contributed by atoms with Crippen LogP contribution in [0.25, 0.3) is 20.2 Å². The molecule has 0 unspecified atom stereocenters. The fraction of sp³-hybridized carbons (Fsp3) is 0.263. The van der Waals surface area contributed by atoms with Gasteiger partial charge in [0.25, 0.3) is 0 Å². The molecule has 0 fully saturated rings. The molecule has 1 heterocycles. The lowest BCUT2D eigenvalue weighted by Crippen LogP contribution is -2.07. The van der Waals surface area contributed by atoms with E-state index in [0.717, 1.165) is 14.8 Å². The Morgan fingerprint density at radius 2 is 1.70 bits per heavy atom. The van der Waals surface area contributed by atoms with Crippen LogP contribution in [0.3, 0.4) is 0 Å². The Morgan fingerprint density at radius 1 is 1.04 bits per heavy atom. The van der Waals surface area contributed by atoms with Gasteiger partial charge in [0.15, 0.2) is 11.2 Å². The molecule has 0 aliphatic heterocycles. The van der Waals surface area contributed by atoms with Crippen molar-refractivity contribution in [3.63, 3.8) is 0 Å². The van der Waals surface area contributed by atoms with Gasteiger partial charge in [0, 0.05) is 20.2 Å². The van der Waals surface area contributed by atoms with Gasteiger partial charge in [-0.2, -0.15) is 0 Å². The van der Waals surface area contributed by atoms with E-state index in [9.17, 15) is 9.59 Å². The normalized spacial score (nSPS) is 10.2. The van der Waals surface area contributed by atoms with Crippen LogP contribution in [0, 0.1) is 0 Å². The number of Topliss-reactive ketones (excluding diaryl/α,β-unsaturated/α-hetero) is 1. The molecule has 0 saturated heterocycles. The van der Waals surface area contributed by atoms with Crippen LogP contribution < -0.4 is 10.2 Å². The van der Waals surface area contributed by atoms with Crippen LogP contribution in [0.15, 0.2) is 47.3 Å². The summed E-state index contributed by atoms with van der Waals surface area (Å²) < 4.78 is 7.21. The van der Waals surface area contributed by atoms with Crippen molar-refractivity contribution in [3.05, 3.63) is 52.7 Å². The first kappa shape index (κ1) is 17.2. The van der Waals surface area contributed by atoms with E-state index < -0.39 is 0 Å². The zero-order valence-corrected chi connectivity index (χ0v) is 14.4. The van der Waals surface area contributed by atoms with E-state index in [0.29, 0.717) is 11.1 Å². The lowest BCUT2D eigenvalue weighted by atomic mass is 10.2. The number of benzene rings is 2. The second-order valence-electron chi connectivity index (χ2n) is 5.28. The molecular formula is C19H20O3S. The maximum atomic E-state index is 12.4. The van der Waals surface area contributed by atoms with Crippen LogP contribution in [-0.4, -0.2) is 12.4 Å². The number of carbonyl (C=O) groups is 1. The van der Waals surface area contributed by atoms with Gasteiger partial charge < -0.3 is 4.74 Å². The maximum absolute atomic E-state index is 12.4. The first-order valence-corrected chi connectivity index (χ1v) is 8.46. The fourth-order valence-electron chi connectivity index (χ4n) is 2.06. The molecule has 3 rings (SSSR count). The highest BCUT2D eigenvalue weighted by molar-refractivity contribution is 7.24. The maximum Gasteiger partial charge on any atom is 0.195 e. The Kier molecular flexibility index (Phi) is 5.88. The van der Waals surface area contributed by atoms with Crippen LogP contribution in [0.1, 0.15) is 27.2 Å². The third kappa shape index (κ3) is 4.17. The Balaban J connectivity index is 0.000000595. The first-order valence-electron chi connectivity index (χ1n) is 7.64. The highest BCUT2D eigenvalue weighted by Crippen LogP contribution is 2.27. The van der Waals surface area contributed by atoms with Crippen molar-refractivity contribution in [2.75, 3.05) is 6.61 Å². The average Bonchev–Trinajstić information content (AvgIpc) is 2.54. The number of ether oxygens (including phenoxy) is 1. The highest BCUT2D eigenvalue weighted by atomic mass is 32.1. The predicted octanol–water partition coefficient (Wildman–Crippen LogP) is 4.80. The molecule has 0 spiro atoms. The van der Waals surface area contributed by atoms with Gasteiger partial charge in [-0.3, -0.25) is 9.59 Å². The molecule has 0 aliphatic carbocycles. The van der Waals surface area contributed by atoms with Crippen LogP contribution in [-0.2, 0) is 4.79 Å². The molecule has 0 amide bonds. The standard InChI is InChI=1S/C16H12O3S.C3H8/c1-10(17)9-19-11-6-7-13-15(8-11)20-14-5-3-2-4-12(14)16(13)18;1-3-2/h2-8H,9H2,1H3;3H2,1-2H3. The topological polar surface area (TPSA) is 43.4 Å². The molecule has 23 heavy (non-hydrogen) atoms. The van der Waals surface area contributed by atoms with Crippen molar-refractivity contribution in [1.29, 1.82) is 0 Å². The molecule has 0 saturated carbocycles. The van der Waals surface area contributed by atoms with Gasteiger partial charge in [0.1, 0.15) is 12.4 Å².